The van der Waals surface area contributed by atoms with Crippen molar-refractivity contribution in [2.45, 2.75) is 12.1 Å². The molecular formula is C12H16ClN3O3S. The number of halogens is 1. The maximum Gasteiger partial charge on any atom is 0.310 e. The number of methoxy groups -OCH3 is 1. The van der Waals surface area contributed by atoms with Crippen LogP contribution in [0.25, 0.3) is 0 Å². The fourth-order valence-corrected chi connectivity index (χ4v) is 2.06. The van der Waals surface area contributed by atoms with E-state index >= 15 is 0 Å². The van der Waals surface area contributed by atoms with Gasteiger partial charge in [-0.15, -0.1) is 0 Å². The predicted octanol–water partition coefficient (Wildman–Crippen LogP) is 1.73. The molecule has 0 saturated heterocycles. The van der Waals surface area contributed by atoms with E-state index in [1.54, 1.807) is 20.2 Å². The SMILES string of the molecule is COC(=O)C(C)CN(C)C(=O)c1nc(SC)ncc1Cl. The Hall–Kier alpha value is -1.34. The highest BCUT2D eigenvalue weighted by molar-refractivity contribution is 7.98. The van der Waals surface area contributed by atoms with E-state index in [1.807, 2.05) is 0 Å². The van der Waals surface area contributed by atoms with Crippen LogP contribution in [0.15, 0.2) is 11.4 Å². The van der Waals surface area contributed by atoms with Crippen molar-refractivity contribution in [2.24, 2.45) is 5.92 Å². The largest absolute Gasteiger partial charge is 0.469 e. The molecule has 0 bridgehead atoms. The second-order valence-electron chi connectivity index (χ2n) is 4.16. The molecule has 6 nitrogen and oxygen atoms in total. The first-order valence-electron chi connectivity index (χ1n) is 5.80. The normalized spacial score (nSPS) is 11.8. The fourth-order valence-electron chi connectivity index (χ4n) is 1.55. The standard InChI is InChI=1S/C12H16ClN3O3S/c1-7(11(18)19-3)6-16(2)10(17)9-8(13)5-14-12(15-9)20-4/h5,7H,6H2,1-4H3. The lowest BCUT2D eigenvalue weighted by molar-refractivity contribution is -0.145. The van der Waals surface area contributed by atoms with Gasteiger partial charge in [0.1, 0.15) is 0 Å². The Morgan fingerprint density at radius 3 is 2.75 bits per heavy atom. The van der Waals surface area contributed by atoms with Crippen molar-refractivity contribution in [3.05, 3.63) is 16.9 Å². The molecule has 1 aromatic rings. The summed E-state index contributed by atoms with van der Waals surface area (Å²) in [6.45, 7) is 1.91. The van der Waals surface area contributed by atoms with Gasteiger partial charge in [-0.05, 0) is 6.26 Å². The minimum atomic E-state index is -0.422. The van der Waals surface area contributed by atoms with Gasteiger partial charge >= 0.3 is 5.97 Å². The number of carbonyl (C=O) groups is 2. The van der Waals surface area contributed by atoms with E-state index in [-0.39, 0.29) is 29.1 Å². The van der Waals surface area contributed by atoms with Gasteiger partial charge < -0.3 is 9.64 Å². The highest BCUT2D eigenvalue weighted by atomic mass is 35.5. The number of aromatic nitrogens is 2. The van der Waals surface area contributed by atoms with Gasteiger partial charge in [-0.2, -0.15) is 0 Å². The second-order valence-corrected chi connectivity index (χ2v) is 5.34. The van der Waals surface area contributed by atoms with Crippen LogP contribution >= 0.6 is 23.4 Å². The number of nitrogens with zero attached hydrogens (tertiary/aromatic N) is 3. The lowest BCUT2D eigenvalue weighted by Gasteiger charge is -2.20. The van der Waals surface area contributed by atoms with E-state index in [2.05, 4.69) is 14.7 Å². The van der Waals surface area contributed by atoms with Gasteiger partial charge in [0.2, 0.25) is 0 Å². The molecule has 1 amide bonds. The van der Waals surface area contributed by atoms with Crippen molar-refractivity contribution in [3.8, 4) is 0 Å². The maximum atomic E-state index is 12.3. The third kappa shape index (κ3) is 4.08. The molecule has 1 unspecified atom stereocenters. The van der Waals surface area contributed by atoms with Crippen LogP contribution in [0.5, 0.6) is 0 Å². The summed E-state index contributed by atoms with van der Waals surface area (Å²) in [5.74, 6) is -1.15. The van der Waals surface area contributed by atoms with Gasteiger partial charge in [0.15, 0.2) is 10.9 Å². The summed E-state index contributed by atoms with van der Waals surface area (Å²) >= 11 is 7.26. The average Bonchev–Trinajstić information content (AvgIpc) is 2.45. The molecule has 0 saturated carbocycles. The molecule has 0 aliphatic heterocycles. The van der Waals surface area contributed by atoms with E-state index in [0.29, 0.717) is 5.16 Å². The van der Waals surface area contributed by atoms with Crippen molar-refractivity contribution >= 4 is 35.2 Å². The van der Waals surface area contributed by atoms with Crippen LogP contribution in [0.3, 0.4) is 0 Å². The molecule has 1 atom stereocenters. The minimum Gasteiger partial charge on any atom is -0.469 e. The van der Waals surface area contributed by atoms with Gasteiger partial charge in [0.25, 0.3) is 5.91 Å². The number of hydrogen-bond donors (Lipinski definition) is 0. The molecule has 0 aliphatic rings. The summed E-state index contributed by atoms with van der Waals surface area (Å²) < 4.78 is 4.63. The molecule has 0 fully saturated rings. The van der Waals surface area contributed by atoms with Crippen LogP contribution in [0.2, 0.25) is 5.02 Å². The molecule has 20 heavy (non-hydrogen) atoms. The van der Waals surface area contributed by atoms with Gasteiger partial charge in [0.05, 0.1) is 24.2 Å². The lowest BCUT2D eigenvalue weighted by atomic mass is 10.1. The first-order valence-corrected chi connectivity index (χ1v) is 7.40. The summed E-state index contributed by atoms with van der Waals surface area (Å²) in [7, 11) is 2.89. The quantitative estimate of drug-likeness (QED) is 0.468. The third-order valence-electron chi connectivity index (χ3n) is 2.61. The van der Waals surface area contributed by atoms with Gasteiger partial charge in [-0.3, -0.25) is 9.59 Å². The molecule has 0 radical (unpaired) electrons. The van der Waals surface area contributed by atoms with Crippen LogP contribution in [-0.4, -0.2) is 53.7 Å². The van der Waals surface area contributed by atoms with Gasteiger partial charge in [-0.25, -0.2) is 9.97 Å². The zero-order valence-electron chi connectivity index (χ0n) is 11.7. The Balaban J connectivity index is 2.86. The van der Waals surface area contributed by atoms with Crippen molar-refractivity contribution < 1.29 is 14.3 Å². The second kappa shape index (κ2) is 7.44. The molecule has 8 heteroatoms. The Morgan fingerprint density at radius 2 is 2.20 bits per heavy atom. The maximum absolute atomic E-state index is 12.3. The zero-order chi connectivity index (χ0) is 15.3. The summed E-state index contributed by atoms with van der Waals surface area (Å²) in [6.07, 6.45) is 3.20. The molecule has 0 N–H and O–H groups in total. The number of esters is 1. The Labute approximate surface area is 126 Å². The summed E-state index contributed by atoms with van der Waals surface area (Å²) in [6, 6.07) is 0. The van der Waals surface area contributed by atoms with Crippen LogP contribution in [0.1, 0.15) is 17.4 Å². The highest BCUT2D eigenvalue weighted by Crippen LogP contribution is 2.18. The Kier molecular flexibility index (Phi) is 6.22. The van der Waals surface area contributed by atoms with Crippen molar-refractivity contribution in [1.82, 2.24) is 14.9 Å². The fraction of sp³-hybridized carbons (Fsp3) is 0.500. The van der Waals surface area contributed by atoms with E-state index in [0.717, 1.165) is 0 Å². The Morgan fingerprint density at radius 1 is 1.55 bits per heavy atom. The number of ether oxygens (including phenoxy) is 1. The van der Waals surface area contributed by atoms with Crippen molar-refractivity contribution in [2.75, 3.05) is 27.0 Å². The van der Waals surface area contributed by atoms with Crippen molar-refractivity contribution in [1.29, 1.82) is 0 Å². The molecule has 0 spiro atoms. The lowest BCUT2D eigenvalue weighted by Crippen LogP contribution is -2.34. The molecule has 1 heterocycles. The number of amides is 1. The molecule has 1 aromatic heterocycles. The number of hydrogen-bond acceptors (Lipinski definition) is 6. The van der Waals surface area contributed by atoms with Crippen LogP contribution in [-0.2, 0) is 9.53 Å². The van der Waals surface area contributed by atoms with Gasteiger partial charge in [-0.1, -0.05) is 30.3 Å². The van der Waals surface area contributed by atoms with E-state index in [9.17, 15) is 9.59 Å². The van der Waals surface area contributed by atoms with E-state index in [4.69, 9.17) is 11.6 Å². The van der Waals surface area contributed by atoms with Crippen molar-refractivity contribution in [3.63, 3.8) is 0 Å². The van der Waals surface area contributed by atoms with E-state index < -0.39 is 5.92 Å². The number of thioether (sulfide) groups is 1. The monoisotopic (exact) mass is 317 g/mol. The first kappa shape index (κ1) is 16.7. The highest BCUT2D eigenvalue weighted by Gasteiger charge is 2.22. The number of rotatable bonds is 5. The smallest absolute Gasteiger partial charge is 0.310 e. The predicted molar refractivity (Wildman–Crippen MR) is 77.0 cm³/mol. The summed E-state index contributed by atoms with van der Waals surface area (Å²) in [4.78, 5) is 33.1. The molecule has 1 rings (SSSR count). The van der Waals surface area contributed by atoms with Crippen LogP contribution in [0, 0.1) is 5.92 Å². The summed E-state index contributed by atoms with van der Waals surface area (Å²) in [5.41, 5.74) is 0.130. The van der Waals surface area contributed by atoms with Crippen LogP contribution < -0.4 is 0 Å². The number of carbonyl (C=O) groups excluding carboxylic acids is 2. The first-order chi connectivity index (χ1) is 9.40. The average molecular weight is 318 g/mol. The Bertz CT molecular complexity index is 513. The zero-order valence-corrected chi connectivity index (χ0v) is 13.3. The summed E-state index contributed by atoms with van der Waals surface area (Å²) in [5, 5.41) is 0.650. The molecule has 110 valence electrons. The molecular weight excluding hydrogens is 302 g/mol. The van der Waals surface area contributed by atoms with E-state index in [1.165, 1.54) is 30.0 Å². The minimum absolute atomic E-state index is 0.130. The molecule has 0 aromatic carbocycles. The topological polar surface area (TPSA) is 72.4 Å². The third-order valence-corrected chi connectivity index (χ3v) is 3.44. The molecule has 0 aliphatic carbocycles. The van der Waals surface area contributed by atoms with Crippen LogP contribution in [0.4, 0.5) is 0 Å². The van der Waals surface area contributed by atoms with Gasteiger partial charge in [0, 0.05) is 13.6 Å².